The van der Waals surface area contributed by atoms with Crippen molar-refractivity contribution in [3.63, 3.8) is 0 Å². The van der Waals surface area contributed by atoms with Crippen LogP contribution in [0.2, 0.25) is 0 Å². The van der Waals surface area contributed by atoms with Crippen LogP contribution >= 0.6 is 78.8 Å². The molecule has 10 heteroatoms. The van der Waals surface area contributed by atoms with Gasteiger partial charge in [-0.25, -0.2) is 4.57 Å². The Balaban J connectivity index is 5.45. The number of rotatable bonds is 8. The smallest absolute Gasteiger partial charge is 0.303 e. The summed E-state index contributed by atoms with van der Waals surface area (Å²) in [4.78, 5) is 18.0. The molecule has 0 atom stereocenters. The van der Waals surface area contributed by atoms with Crippen molar-refractivity contribution in [2.75, 3.05) is 11.8 Å². The second-order valence-electron chi connectivity index (χ2n) is 4.57. The van der Waals surface area contributed by atoms with Gasteiger partial charge < -0.3 is 9.79 Å². The van der Waals surface area contributed by atoms with E-state index >= 15 is 0 Å². The van der Waals surface area contributed by atoms with Crippen LogP contribution in [0.25, 0.3) is 0 Å². The molecule has 2 N–H and O–H groups in total. The van der Waals surface area contributed by atoms with Gasteiger partial charge in [0, 0.05) is 21.5 Å². The molecule has 0 aliphatic heterocycles. The van der Waals surface area contributed by atoms with Crippen LogP contribution in [0.5, 0.6) is 0 Å². The van der Waals surface area contributed by atoms with Gasteiger partial charge in [0.1, 0.15) is 0 Å². The maximum absolute atomic E-state index is 11.1. The lowest BCUT2D eigenvalue weighted by Crippen LogP contribution is -2.51. The third-order valence-electron chi connectivity index (χ3n) is 3.06. The molecule has 0 saturated heterocycles. The molecule has 116 valence electrons. The van der Waals surface area contributed by atoms with Crippen molar-refractivity contribution >= 4 is 78.8 Å². The number of halogens is 5. The van der Waals surface area contributed by atoms with Crippen molar-refractivity contribution in [1.82, 2.24) is 0 Å². The Morgan fingerprint density at radius 2 is 1.47 bits per heavy atom. The van der Waals surface area contributed by atoms with E-state index in [-0.39, 0.29) is 0 Å². The molecule has 19 heavy (non-hydrogen) atoms. The highest BCUT2D eigenvalue weighted by Gasteiger charge is 2.56. The molecule has 0 aliphatic rings. The molecule has 0 rings (SSSR count). The van der Waals surface area contributed by atoms with E-state index in [0.29, 0.717) is 24.6 Å². The van der Waals surface area contributed by atoms with E-state index < -0.39 is 21.0 Å². The van der Waals surface area contributed by atoms with Crippen molar-refractivity contribution in [3.05, 3.63) is 0 Å². The Morgan fingerprint density at radius 3 is 1.74 bits per heavy atom. The summed E-state index contributed by atoms with van der Waals surface area (Å²) in [5.74, 6) is 0.745. The lowest BCUT2D eigenvalue weighted by molar-refractivity contribution is 0.0614. The summed E-state index contributed by atoms with van der Waals surface area (Å²) < 4.78 is 13.9. The first-order valence-corrected chi connectivity index (χ1v) is 10.3. The predicted octanol–water partition coefficient (Wildman–Crippen LogP) is 4.96. The molecule has 0 aromatic heterocycles. The molecule has 4 nitrogen and oxygen atoms in total. The lowest BCUT2D eigenvalue weighted by atomic mass is 9.76. The SMILES string of the molecule is CC(C)(C(Br)(CCCl)CCCl)C(Br)(Br)OP(=O)(O)O. The zero-order valence-corrected chi connectivity index (χ0v) is 17.5. The summed E-state index contributed by atoms with van der Waals surface area (Å²) >= 11 is 21.6. The van der Waals surface area contributed by atoms with Gasteiger partial charge in [-0.05, 0) is 44.7 Å². The van der Waals surface area contributed by atoms with Gasteiger partial charge in [-0.1, -0.05) is 29.8 Å². The Kier molecular flexibility index (Phi) is 8.45. The minimum absolute atomic E-state index is 0.373. The summed E-state index contributed by atoms with van der Waals surface area (Å²) in [7, 11) is -4.67. The molecule has 0 amide bonds. The van der Waals surface area contributed by atoms with Crippen LogP contribution < -0.4 is 0 Å². The number of alkyl halides is 5. The zero-order chi connectivity index (χ0) is 15.5. The third-order valence-corrected chi connectivity index (χ3v) is 8.54. The van der Waals surface area contributed by atoms with Crippen molar-refractivity contribution in [2.24, 2.45) is 5.41 Å². The van der Waals surface area contributed by atoms with E-state index in [2.05, 4.69) is 47.8 Å². The van der Waals surface area contributed by atoms with Gasteiger partial charge in [0.25, 0.3) is 0 Å². The normalized spacial score (nSPS) is 14.8. The fourth-order valence-electron chi connectivity index (χ4n) is 1.57. The van der Waals surface area contributed by atoms with Gasteiger partial charge in [-0.15, -0.1) is 23.2 Å². The van der Waals surface area contributed by atoms with Crippen LogP contribution in [0.3, 0.4) is 0 Å². The Bertz CT molecular complexity index is 342. The average Bonchev–Trinajstić information content (AvgIpc) is 2.13. The van der Waals surface area contributed by atoms with Gasteiger partial charge in [0.05, 0.1) is 0 Å². The molecule has 0 aromatic rings. The molecule has 0 spiro atoms. The Labute approximate surface area is 148 Å². The number of phosphoric acid groups is 1. The fourth-order valence-corrected chi connectivity index (χ4v) is 6.30. The Hall–Kier alpha value is 2.13. The van der Waals surface area contributed by atoms with Crippen LogP contribution in [-0.4, -0.2) is 29.3 Å². The van der Waals surface area contributed by atoms with E-state index in [1.165, 1.54) is 0 Å². The minimum atomic E-state index is -4.67. The number of phosphoric ester groups is 1. The first kappa shape index (κ1) is 21.1. The Morgan fingerprint density at radius 1 is 1.11 bits per heavy atom. The minimum Gasteiger partial charge on any atom is -0.303 e. The summed E-state index contributed by atoms with van der Waals surface area (Å²) in [6.07, 6.45) is 1.11. The number of hydrogen-bond donors (Lipinski definition) is 2. The fraction of sp³-hybridized carbons (Fsp3) is 1.00. The molecular weight excluding hydrogens is 514 g/mol. The van der Waals surface area contributed by atoms with E-state index in [9.17, 15) is 4.57 Å². The first-order chi connectivity index (χ1) is 8.33. The first-order valence-electron chi connectivity index (χ1n) is 5.28. The maximum atomic E-state index is 11.1. The van der Waals surface area contributed by atoms with Gasteiger partial charge in [0.2, 0.25) is 0 Å². The molecule has 0 heterocycles. The van der Waals surface area contributed by atoms with Gasteiger partial charge in [0.15, 0.2) is 3.42 Å². The lowest BCUT2D eigenvalue weighted by Gasteiger charge is -2.49. The average molecular weight is 530 g/mol. The molecule has 0 fully saturated rings. The van der Waals surface area contributed by atoms with E-state index in [4.69, 9.17) is 37.5 Å². The van der Waals surface area contributed by atoms with Crippen molar-refractivity contribution < 1.29 is 18.9 Å². The topological polar surface area (TPSA) is 66.8 Å². The molecule has 0 aliphatic carbocycles. The molecule has 0 bridgehead atoms. The van der Waals surface area contributed by atoms with E-state index in [0.717, 1.165) is 0 Å². The molecule has 0 radical (unpaired) electrons. The van der Waals surface area contributed by atoms with Crippen LogP contribution in [0.15, 0.2) is 0 Å². The monoisotopic (exact) mass is 526 g/mol. The summed E-state index contributed by atoms with van der Waals surface area (Å²) in [5, 5.41) is 0. The summed E-state index contributed by atoms with van der Waals surface area (Å²) in [6.45, 7) is 3.58. The molecule has 0 aromatic carbocycles. The van der Waals surface area contributed by atoms with Crippen molar-refractivity contribution in [2.45, 2.75) is 34.4 Å². The van der Waals surface area contributed by atoms with Gasteiger partial charge >= 0.3 is 7.82 Å². The quantitative estimate of drug-likeness (QED) is 0.345. The summed E-state index contributed by atoms with van der Waals surface area (Å²) in [5.41, 5.74) is -0.773. The maximum Gasteiger partial charge on any atom is 0.471 e. The number of hydrogen-bond acceptors (Lipinski definition) is 2. The van der Waals surface area contributed by atoms with E-state index in [1.54, 1.807) is 13.8 Å². The van der Waals surface area contributed by atoms with Crippen LogP contribution in [0.4, 0.5) is 0 Å². The second kappa shape index (κ2) is 7.60. The molecule has 0 saturated carbocycles. The van der Waals surface area contributed by atoms with Crippen LogP contribution in [0, 0.1) is 5.41 Å². The largest absolute Gasteiger partial charge is 0.471 e. The highest BCUT2D eigenvalue weighted by molar-refractivity contribution is 9.25. The second-order valence-corrected chi connectivity index (χ2v) is 11.3. The molecule has 0 unspecified atom stereocenters. The van der Waals surface area contributed by atoms with Crippen LogP contribution in [0.1, 0.15) is 26.7 Å². The summed E-state index contributed by atoms with van der Waals surface area (Å²) in [6, 6.07) is 0. The predicted molar refractivity (Wildman–Crippen MR) is 89.8 cm³/mol. The third kappa shape index (κ3) is 5.68. The van der Waals surface area contributed by atoms with Gasteiger partial charge in [-0.3, -0.25) is 4.52 Å². The van der Waals surface area contributed by atoms with Crippen molar-refractivity contribution in [3.8, 4) is 0 Å². The van der Waals surface area contributed by atoms with Gasteiger partial charge in [-0.2, -0.15) is 0 Å². The van der Waals surface area contributed by atoms with Crippen LogP contribution in [-0.2, 0) is 9.09 Å². The van der Waals surface area contributed by atoms with Crippen molar-refractivity contribution in [1.29, 1.82) is 0 Å². The highest BCUT2D eigenvalue weighted by Crippen LogP contribution is 2.61. The molecular formula is C9H16Br3Cl2O4P. The standard InChI is InChI=1S/C9H16Br3Cl2O4P/c1-7(2,8(10,3-5-13)4-6-14)9(11,12)18-19(15,16)17/h3-6H2,1-2H3,(H2,15,16,17). The van der Waals surface area contributed by atoms with E-state index in [1.807, 2.05) is 0 Å². The highest BCUT2D eigenvalue weighted by atomic mass is 79.9. The zero-order valence-electron chi connectivity index (χ0n) is 10.4.